The number of carbonyl (C=O) groups is 4. The summed E-state index contributed by atoms with van der Waals surface area (Å²) in [5, 5.41) is 10.0. The van der Waals surface area contributed by atoms with Gasteiger partial charge in [-0.1, -0.05) is 34.1 Å². The van der Waals surface area contributed by atoms with Crippen molar-refractivity contribution in [2.75, 3.05) is 27.2 Å². The molecule has 0 saturated carbocycles. The van der Waals surface area contributed by atoms with Crippen LogP contribution in [0.5, 0.6) is 0 Å². The van der Waals surface area contributed by atoms with Crippen LogP contribution < -0.4 is 10.6 Å². The zero-order chi connectivity index (χ0) is 32.6. The van der Waals surface area contributed by atoms with Crippen molar-refractivity contribution in [2.45, 2.75) is 97.4 Å². The summed E-state index contributed by atoms with van der Waals surface area (Å²) in [6.45, 7) is 12.5. The molecule has 3 rings (SSSR count). The van der Waals surface area contributed by atoms with Crippen molar-refractivity contribution in [3.63, 3.8) is 0 Å². The smallest absolute Gasteiger partial charge is 0.303 e. The van der Waals surface area contributed by atoms with Crippen LogP contribution in [0.25, 0.3) is 0 Å². The summed E-state index contributed by atoms with van der Waals surface area (Å²) in [4.78, 5) is 65.0. The van der Waals surface area contributed by atoms with E-state index in [-0.39, 0.29) is 41.3 Å². The molecular formula is C31H48N6O5S2. The van der Waals surface area contributed by atoms with E-state index in [1.807, 2.05) is 51.9 Å². The van der Waals surface area contributed by atoms with Gasteiger partial charge in [0, 0.05) is 50.2 Å². The first-order valence-corrected chi connectivity index (χ1v) is 17.2. The molecule has 13 heteroatoms. The molecule has 11 nitrogen and oxygen atoms in total. The van der Waals surface area contributed by atoms with Gasteiger partial charge in [0.2, 0.25) is 11.8 Å². The van der Waals surface area contributed by atoms with Crippen LogP contribution in [0.2, 0.25) is 0 Å². The molecule has 44 heavy (non-hydrogen) atoms. The molecule has 2 aromatic rings. The van der Waals surface area contributed by atoms with E-state index in [4.69, 9.17) is 4.74 Å². The number of likely N-dealkylation sites (tertiary alicyclic amines) is 1. The molecule has 0 bridgehead atoms. The van der Waals surface area contributed by atoms with Crippen LogP contribution in [0.4, 0.5) is 0 Å². The van der Waals surface area contributed by atoms with E-state index in [1.54, 1.807) is 22.8 Å². The Morgan fingerprint density at radius 1 is 1.20 bits per heavy atom. The lowest BCUT2D eigenvalue weighted by Crippen LogP contribution is -2.60. The van der Waals surface area contributed by atoms with E-state index >= 15 is 0 Å². The summed E-state index contributed by atoms with van der Waals surface area (Å²) >= 11 is 2.75. The van der Waals surface area contributed by atoms with Crippen LogP contribution in [0.3, 0.4) is 0 Å². The van der Waals surface area contributed by atoms with Gasteiger partial charge in [0.15, 0.2) is 6.10 Å². The summed E-state index contributed by atoms with van der Waals surface area (Å²) in [6.07, 6.45) is 2.55. The molecular weight excluding hydrogens is 601 g/mol. The van der Waals surface area contributed by atoms with Gasteiger partial charge in [0.25, 0.3) is 5.91 Å². The van der Waals surface area contributed by atoms with Crippen LogP contribution >= 0.6 is 22.7 Å². The van der Waals surface area contributed by atoms with Crippen LogP contribution in [0, 0.1) is 11.8 Å². The Balaban J connectivity index is 1.76. The first-order valence-electron chi connectivity index (χ1n) is 15.3. The third-order valence-electron chi connectivity index (χ3n) is 8.81. The van der Waals surface area contributed by atoms with Crippen molar-refractivity contribution in [3.8, 4) is 0 Å². The van der Waals surface area contributed by atoms with E-state index in [9.17, 15) is 19.2 Å². The molecule has 3 heterocycles. The molecule has 0 radical (unpaired) electrons. The molecule has 1 saturated heterocycles. The lowest BCUT2D eigenvalue weighted by molar-refractivity contribution is -0.149. The van der Waals surface area contributed by atoms with Crippen molar-refractivity contribution in [3.05, 3.63) is 32.7 Å². The molecule has 2 aromatic heterocycles. The van der Waals surface area contributed by atoms with Crippen molar-refractivity contribution in [1.82, 2.24) is 30.4 Å². The lowest BCUT2D eigenvalue weighted by Gasteiger charge is -2.38. The van der Waals surface area contributed by atoms with Gasteiger partial charge < -0.3 is 20.3 Å². The molecule has 1 fully saturated rings. The van der Waals surface area contributed by atoms with Gasteiger partial charge in [-0.15, -0.1) is 22.7 Å². The SMILES string of the molecule is CC[C@H](C)[C@H](NC(=O)[C@@]1(C)CCCN1C)C(=O)N(C)[C@H](C[C@@H](OC(C)=O)c1nc(C(=O)NCCc2cscn2)cs1)C(C)C. The minimum atomic E-state index is -0.751. The molecule has 1 aliphatic heterocycles. The molecule has 1 aliphatic rings. The normalized spacial score (nSPS) is 19.7. The number of ether oxygens (including phenoxy) is 1. The van der Waals surface area contributed by atoms with Crippen molar-refractivity contribution >= 4 is 46.4 Å². The average molecular weight is 649 g/mol. The Bertz CT molecular complexity index is 1270. The largest absolute Gasteiger partial charge is 0.455 e. The molecule has 0 unspecified atom stereocenters. The van der Waals surface area contributed by atoms with Gasteiger partial charge in [-0.2, -0.15) is 0 Å². The predicted octanol–water partition coefficient (Wildman–Crippen LogP) is 4.06. The fourth-order valence-electron chi connectivity index (χ4n) is 5.54. The van der Waals surface area contributed by atoms with Gasteiger partial charge in [-0.3, -0.25) is 24.1 Å². The predicted molar refractivity (Wildman–Crippen MR) is 172 cm³/mol. The number of hydrogen-bond donors (Lipinski definition) is 2. The summed E-state index contributed by atoms with van der Waals surface area (Å²) < 4.78 is 5.71. The summed E-state index contributed by atoms with van der Waals surface area (Å²) in [5.41, 5.74) is 2.26. The quantitative estimate of drug-likeness (QED) is 0.276. The summed E-state index contributed by atoms with van der Waals surface area (Å²) in [5.74, 6) is -1.19. The summed E-state index contributed by atoms with van der Waals surface area (Å²) in [7, 11) is 3.69. The highest BCUT2D eigenvalue weighted by atomic mass is 32.1. The monoisotopic (exact) mass is 648 g/mol. The van der Waals surface area contributed by atoms with Crippen LogP contribution in [-0.2, 0) is 25.5 Å². The van der Waals surface area contributed by atoms with Gasteiger partial charge in [0.1, 0.15) is 16.7 Å². The highest BCUT2D eigenvalue weighted by molar-refractivity contribution is 7.10. The number of amides is 3. The van der Waals surface area contributed by atoms with E-state index in [0.29, 0.717) is 30.8 Å². The van der Waals surface area contributed by atoms with Crippen LogP contribution in [0.1, 0.15) is 94.5 Å². The standard InChI is InChI=1S/C31H48N6O5S2/c1-9-20(4)26(35-30(41)31(6)12-10-14-36(31)7)29(40)37(8)24(19(2)3)15-25(42-21(5)38)28-34-23(17-44-28)27(39)32-13-11-22-16-43-18-33-22/h16-20,24-26H,9-15H2,1-8H3,(H,32,39)(H,35,41)/t20-,24+,25+,26-,31+/m0/s1. The fraction of sp³-hybridized carbons (Fsp3) is 0.677. The second-order valence-electron chi connectivity index (χ2n) is 12.3. The molecule has 244 valence electrons. The zero-order valence-electron chi connectivity index (χ0n) is 27.2. The number of nitrogens with one attached hydrogen (secondary N) is 2. The van der Waals surface area contributed by atoms with E-state index < -0.39 is 23.7 Å². The van der Waals surface area contributed by atoms with Gasteiger partial charge in [0.05, 0.1) is 16.7 Å². The second kappa shape index (κ2) is 15.9. The fourth-order valence-corrected chi connectivity index (χ4v) is 6.97. The number of aromatic nitrogens is 2. The Morgan fingerprint density at radius 3 is 2.50 bits per heavy atom. The number of hydrogen-bond acceptors (Lipinski definition) is 10. The lowest BCUT2D eigenvalue weighted by atomic mass is 9.91. The number of nitrogens with zero attached hydrogens (tertiary/aromatic N) is 4. The Morgan fingerprint density at radius 2 is 1.93 bits per heavy atom. The molecule has 0 spiro atoms. The van der Waals surface area contributed by atoms with Crippen LogP contribution in [0.15, 0.2) is 16.3 Å². The van der Waals surface area contributed by atoms with Gasteiger partial charge in [-0.25, -0.2) is 9.97 Å². The Kier molecular flexibility index (Phi) is 12.9. The number of esters is 1. The van der Waals surface area contributed by atoms with Crippen molar-refractivity contribution in [2.24, 2.45) is 11.8 Å². The molecule has 5 atom stereocenters. The van der Waals surface area contributed by atoms with Crippen LogP contribution in [-0.4, -0.2) is 88.3 Å². The maximum atomic E-state index is 14.1. The van der Waals surface area contributed by atoms with Gasteiger partial charge >= 0.3 is 5.97 Å². The Labute approximate surface area is 269 Å². The third kappa shape index (κ3) is 8.85. The first kappa shape index (κ1) is 35.6. The van der Waals surface area contributed by atoms with E-state index in [2.05, 4.69) is 20.6 Å². The molecule has 2 N–H and O–H groups in total. The number of thiazole rings is 2. The molecule has 0 aromatic carbocycles. The van der Waals surface area contributed by atoms with E-state index in [0.717, 1.165) is 25.1 Å². The highest BCUT2D eigenvalue weighted by Crippen LogP contribution is 2.32. The number of carbonyl (C=O) groups excluding carboxylic acids is 4. The third-order valence-corrected chi connectivity index (χ3v) is 10.4. The zero-order valence-corrected chi connectivity index (χ0v) is 28.8. The number of rotatable bonds is 15. The highest BCUT2D eigenvalue weighted by Gasteiger charge is 2.44. The topological polar surface area (TPSA) is 134 Å². The van der Waals surface area contributed by atoms with Crippen molar-refractivity contribution in [1.29, 1.82) is 0 Å². The molecule has 0 aliphatic carbocycles. The van der Waals surface area contributed by atoms with Gasteiger partial charge in [-0.05, 0) is 45.2 Å². The first-order chi connectivity index (χ1) is 20.8. The van der Waals surface area contributed by atoms with Crippen molar-refractivity contribution < 1.29 is 23.9 Å². The van der Waals surface area contributed by atoms with E-state index in [1.165, 1.54) is 29.6 Å². The Hall–Kier alpha value is -2.90. The average Bonchev–Trinajstić information content (AvgIpc) is 3.75. The number of likely N-dealkylation sites (N-methyl/N-ethyl adjacent to an activating group) is 2. The maximum Gasteiger partial charge on any atom is 0.303 e. The minimum absolute atomic E-state index is 0.00206. The minimum Gasteiger partial charge on any atom is -0.455 e. The second-order valence-corrected chi connectivity index (χ2v) is 13.9. The molecule has 3 amide bonds. The maximum absolute atomic E-state index is 14.1. The summed E-state index contributed by atoms with van der Waals surface area (Å²) in [6, 6.07) is -1.03.